The first kappa shape index (κ1) is 15.9. The van der Waals surface area contributed by atoms with Gasteiger partial charge in [0.15, 0.2) is 16.7 Å². The highest BCUT2D eigenvalue weighted by Gasteiger charge is 2.18. The fourth-order valence-corrected chi connectivity index (χ4v) is 3.35. The van der Waals surface area contributed by atoms with Crippen molar-refractivity contribution in [3.05, 3.63) is 29.4 Å². The molecule has 2 heterocycles. The summed E-state index contributed by atoms with van der Waals surface area (Å²) in [4.78, 5) is 16.3. The van der Waals surface area contributed by atoms with E-state index in [4.69, 9.17) is 4.74 Å². The van der Waals surface area contributed by atoms with Crippen molar-refractivity contribution in [2.45, 2.75) is 25.3 Å². The summed E-state index contributed by atoms with van der Waals surface area (Å²) in [7, 11) is 1.42. The smallest absolute Gasteiger partial charge is 0.227 e. The Morgan fingerprint density at radius 1 is 1.57 bits per heavy atom. The molecule has 0 saturated carbocycles. The quantitative estimate of drug-likeness (QED) is 0.881. The van der Waals surface area contributed by atoms with Gasteiger partial charge in [0.2, 0.25) is 5.91 Å². The molecular formula is C16H18FN3O2S. The molecule has 1 aromatic heterocycles. The number of nitrogens with zero attached hydrogens (tertiary/aromatic N) is 1. The molecule has 5 nitrogen and oxygen atoms in total. The van der Waals surface area contributed by atoms with Crippen molar-refractivity contribution in [2.75, 3.05) is 19.0 Å². The number of hydrogen-bond acceptors (Lipinski definition) is 5. The molecule has 1 saturated heterocycles. The molecule has 1 aromatic carbocycles. The Kier molecular flexibility index (Phi) is 4.88. The van der Waals surface area contributed by atoms with Crippen LogP contribution in [0.5, 0.6) is 5.75 Å². The van der Waals surface area contributed by atoms with E-state index in [0.29, 0.717) is 22.8 Å². The van der Waals surface area contributed by atoms with E-state index in [-0.39, 0.29) is 17.7 Å². The SMILES string of the molecule is COc1ccc(-c2csc(NC(=O)CC3CCCN3)n2)cc1F. The van der Waals surface area contributed by atoms with Crippen molar-refractivity contribution in [1.82, 2.24) is 10.3 Å². The number of carbonyl (C=O) groups excluding carboxylic acids is 1. The lowest BCUT2D eigenvalue weighted by molar-refractivity contribution is -0.116. The molecule has 0 spiro atoms. The highest BCUT2D eigenvalue weighted by atomic mass is 32.1. The normalized spacial score (nSPS) is 17.2. The van der Waals surface area contributed by atoms with Gasteiger partial charge in [0.05, 0.1) is 12.8 Å². The van der Waals surface area contributed by atoms with Gasteiger partial charge < -0.3 is 15.4 Å². The molecular weight excluding hydrogens is 317 g/mol. The molecule has 0 bridgehead atoms. The van der Waals surface area contributed by atoms with Crippen molar-refractivity contribution < 1.29 is 13.9 Å². The zero-order valence-electron chi connectivity index (χ0n) is 12.8. The van der Waals surface area contributed by atoms with E-state index in [1.807, 2.05) is 0 Å². The van der Waals surface area contributed by atoms with Gasteiger partial charge in [0.25, 0.3) is 0 Å². The molecule has 3 rings (SSSR count). The number of carbonyl (C=O) groups is 1. The molecule has 2 N–H and O–H groups in total. The maximum atomic E-state index is 13.8. The molecule has 2 aromatic rings. The van der Waals surface area contributed by atoms with Crippen molar-refractivity contribution in [2.24, 2.45) is 0 Å². The van der Waals surface area contributed by atoms with Gasteiger partial charge in [-0.3, -0.25) is 4.79 Å². The first-order valence-electron chi connectivity index (χ1n) is 7.48. The van der Waals surface area contributed by atoms with Gasteiger partial charge in [-0.1, -0.05) is 0 Å². The molecule has 23 heavy (non-hydrogen) atoms. The molecule has 1 atom stereocenters. The number of ether oxygens (including phenoxy) is 1. The second-order valence-electron chi connectivity index (χ2n) is 5.43. The zero-order chi connectivity index (χ0) is 16.2. The van der Waals surface area contributed by atoms with Gasteiger partial charge in [-0.25, -0.2) is 9.37 Å². The van der Waals surface area contributed by atoms with E-state index in [1.165, 1.54) is 24.5 Å². The van der Waals surface area contributed by atoms with Crippen molar-refractivity contribution in [3.8, 4) is 17.0 Å². The van der Waals surface area contributed by atoms with Crippen LogP contribution in [0.1, 0.15) is 19.3 Å². The van der Waals surface area contributed by atoms with Crippen LogP contribution in [0.3, 0.4) is 0 Å². The number of thiazole rings is 1. The van der Waals surface area contributed by atoms with Crippen LogP contribution in [0.2, 0.25) is 0 Å². The summed E-state index contributed by atoms with van der Waals surface area (Å²) in [6, 6.07) is 4.94. The summed E-state index contributed by atoms with van der Waals surface area (Å²) in [5.74, 6) is -0.288. The number of nitrogens with one attached hydrogen (secondary N) is 2. The standard InChI is InChI=1S/C16H18FN3O2S/c1-22-14-5-4-10(7-12(14)17)13-9-23-16(19-13)20-15(21)8-11-3-2-6-18-11/h4-5,7,9,11,18H,2-3,6,8H2,1H3,(H,19,20,21). The maximum absolute atomic E-state index is 13.8. The number of rotatable bonds is 5. The Balaban J connectivity index is 1.65. The van der Waals surface area contributed by atoms with Gasteiger partial charge in [0, 0.05) is 23.4 Å². The second-order valence-corrected chi connectivity index (χ2v) is 6.29. The average Bonchev–Trinajstić information content (AvgIpc) is 3.19. The number of benzene rings is 1. The van der Waals surface area contributed by atoms with Gasteiger partial charge in [-0.15, -0.1) is 11.3 Å². The average molecular weight is 335 g/mol. The molecule has 1 aliphatic rings. The first-order valence-corrected chi connectivity index (χ1v) is 8.36. The second kappa shape index (κ2) is 7.06. The van der Waals surface area contributed by atoms with Crippen LogP contribution in [-0.4, -0.2) is 30.6 Å². The fraction of sp³-hybridized carbons (Fsp3) is 0.375. The summed E-state index contributed by atoms with van der Waals surface area (Å²) >= 11 is 1.33. The summed E-state index contributed by atoms with van der Waals surface area (Å²) in [5, 5.41) is 8.42. The summed E-state index contributed by atoms with van der Waals surface area (Å²) < 4.78 is 18.7. The van der Waals surface area contributed by atoms with Crippen LogP contribution < -0.4 is 15.4 Å². The van der Waals surface area contributed by atoms with Crippen LogP contribution in [0.15, 0.2) is 23.6 Å². The molecule has 1 fully saturated rings. The molecule has 1 unspecified atom stereocenters. The van der Waals surface area contributed by atoms with Crippen LogP contribution in [-0.2, 0) is 4.79 Å². The van der Waals surface area contributed by atoms with Crippen molar-refractivity contribution in [3.63, 3.8) is 0 Å². The highest BCUT2D eigenvalue weighted by molar-refractivity contribution is 7.14. The number of hydrogen-bond donors (Lipinski definition) is 2. The van der Waals surface area contributed by atoms with E-state index >= 15 is 0 Å². The Labute approximate surface area is 137 Å². The third kappa shape index (κ3) is 3.86. The van der Waals surface area contributed by atoms with Gasteiger partial charge in [-0.05, 0) is 37.6 Å². The van der Waals surface area contributed by atoms with E-state index in [2.05, 4.69) is 15.6 Å². The minimum absolute atomic E-state index is 0.0498. The lowest BCUT2D eigenvalue weighted by atomic mass is 10.1. The molecule has 0 radical (unpaired) electrons. The number of amides is 1. The van der Waals surface area contributed by atoms with Crippen LogP contribution >= 0.6 is 11.3 Å². The Hall–Kier alpha value is -1.99. The van der Waals surface area contributed by atoms with E-state index in [9.17, 15) is 9.18 Å². The monoisotopic (exact) mass is 335 g/mol. The van der Waals surface area contributed by atoms with Crippen LogP contribution in [0.4, 0.5) is 9.52 Å². The third-order valence-electron chi connectivity index (χ3n) is 3.79. The highest BCUT2D eigenvalue weighted by Crippen LogP contribution is 2.28. The Bertz CT molecular complexity index is 698. The van der Waals surface area contributed by atoms with Crippen molar-refractivity contribution >= 4 is 22.4 Å². The third-order valence-corrected chi connectivity index (χ3v) is 4.55. The lowest BCUT2D eigenvalue weighted by Crippen LogP contribution is -2.27. The maximum Gasteiger partial charge on any atom is 0.227 e. The lowest BCUT2D eigenvalue weighted by Gasteiger charge is -2.08. The van der Waals surface area contributed by atoms with E-state index in [1.54, 1.807) is 17.5 Å². The van der Waals surface area contributed by atoms with E-state index < -0.39 is 5.82 Å². The van der Waals surface area contributed by atoms with Crippen molar-refractivity contribution in [1.29, 1.82) is 0 Å². The summed E-state index contributed by atoms with van der Waals surface area (Å²) in [6.45, 7) is 0.975. The molecule has 1 amide bonds. The molecule has 1 aliphatic heterocycles. The van der Waals surface area contributed by atoms with Crippen LogP contribution in [0, 0.1) is 5.82 Å². The van der Waals surface area contributed by atoms with E-state index in [0.717, 1.165) is 19.4 Å². The number of aromatic nitrogens is 1. The van der Waals surface area contributed by atoms with Gasteiger partial charge >= 0.3 is 0 Å². The fourth-order valence-electron chi connectivity index (χ4n) is 2.61. The zero-order valence-corrected chi connectivity index (χ0v) is 13.6. The summed E-state index contributed by atoms with van der Waals surface area (Å²) in [6.07, 6.45) is 2.59. The predicted octanol–water partition coefficient (Wildman–Crippen LogP) is 3.04. The Morgan fingerprint density at radius 3 is 3.13 bits per heavy atom. The Morgan fingerprint density at radius 2 is 2.43 bits per heavy atom. The predicted molar refractivity (Wildman–Crippen MR) is 88.3 cm³/mol. The molecule has 7 heteroatoms. The molecule has 0 aliphatic carbocycles. The van der Waals surface area contributed by atoms with Crippen LogP contribution in [0.25, 0.3) is 11.3 Å². The van der Waals surface area contributed by atoms with Gasteiger partial charge in [-0.2, -0.15) is 0 Å². The number of anilines is 1. The molecule has 122 valence electrons. The van der Waals surface area contributed by atoms with Gasteiger partial charge in [0.1, 0.15) is 0 Å². The number of methoxy groups -OCH3 is 1. The minimum atomic E-state index is -0.434. The number of halogens is 1. The summed E-state index contributed by atoms with van der Waals surface area (Å²) in [5.41, 5.74) is 1.28. The first-order chi connectivity index (χ1) is 11.2. The minimum Gasteiger partial charge on any atom is -0.494 e. The largest absolute Gasteiger partial charge is 0.494 e. The topological polar surface area (TPSA) is 63.2 Å².